The van der Waals surface area contributed by atoms with Crippen LogP contribution in [0.5, 0.6) is 0 Å². The van der Waals surface area contributed by atoms with Crippen molar-refractivity contribution in [2.75, 3.05) is 12.3 Å². The van der Waals surface area contributed by atoms with E-state index in [1.54, 1.807) is 25.1 Å². The lowest BCUT2D eigenvalue weighted by Crippen LogP contribution is -2.08. The summed E-state index contributed by atoms with van der Waals surface area (Å²) in [6, 6.07) is 7.78. The van der Waals surface area contributed by atoms with E-state index in [2.05, 4.69) is 4.74 Å². The smallest absolute Gasteiger partial charge is 0.352 e. The minimum atomic E-state index is -0.843. The molecule has 0 radical (unpaired) electrons. The maximum absolute atomic E-state index is 11.4. The Labute approximate surface area is 98.7 Å². The van der Waals surface area contributed by atoms with Crippen LogP contribution < -0.4 is 5.73 Å². The van der Waals surface area contributed by atoms with Gasteiger partial charge in [-0.15, -0.1) is 0 Å². The average molecular weight is 232 g/mol. The molecule has 0 amide bonds. The summed E-state index contributed by atoms with van der Waals surface area (Å²) < 4.78 is 4.66. The molecular formula is C12H12N2O3. The number of carbonyl (C=O) groups excluding carboxylic acids is 1. The second-order valence-corrected chi connectivity index (χ2v) is 3.18. The number of aliphatic hydroxyl groups is 1. The van der Waals surface area contributed by atoms with Gasteiger partial charge in [0.2, 0.25) is 0 Å². The van der Waals surface area contributed by atoms with Gasteiger partial charge in [-0.2, -0.15) is 5.26 Å². The highest BCUT2D eigenvalue weighted by Crippen LogP contribution is 2.18. The summed E-state index contributed by atoms with van der Waals surface area (Å²) in [5.74, 6) is -1.25. The van der Waals surface area contributed by atoms with E-state index >= 15 is 0 Å². The number of carbonyl (C=O) groups is 1. The van der Waals surface area contributed by atoms with Crippen LogP contribution in [0.3, 0.4) is 0 Å². The van der Waals surface area contributed by atoms with Crippen LogP contribution in [0, 0.1) is 11.3 Å². The Morgan fingerprint density at radius 3 is 2.53 bits per heavy atom. The van der Waals surface area contributed by atoms with Crippen molar-refractivity contribution in [1.29, 1.82) is 5.26 Å². The second-order valence-electron chi connectivity index (χ2n) is 3.18. The summed E-state index contributed by atoms with van der Waals surface area (Å²) in [7, 11) is 0. The molecular weight excluding hydrogens is 220 g/mol. The third-order valence-corrected chi connectivity index (χ3v) is 2.01. The summed E-state index contributed by atoms with van der Waals surface area (Å²) in [5, 5.41) is 18.6. The molecule has 5 nitrogen and oxygen atoms in total. The summed E-state index contributed by atoms with van der Waals surface area (Å²) in [6.07, 6.45) is 0. The largest absolute Gasteiger partial charge is 0.506 e. The van der Waals surface area contributed by atoms with Crippen LogP contribution >= 0.6 is 0 Å². The third-order valence-electron chi connectivity index (χ3n) is 2.01. The maximum Gasteiger partial charge on any atom is 0.352 e. The Balaban J connectivity index is 3.13. The number of nitrogens with zero attached hydrogens (tertiary/aromatic N) is 1. The topological polar surface area (TPSA) is 96.3 Å². The minimum absolute atomic E-state index is 0.138. The van der Waals surface area contributed by atoms with Crippen molar-refractivity contribution in [2.45, 2.75) is 6.92 Å². The lowest BCUT2D eigenvalue weighted by Gasteiger charge is -2.04. The van der Waals surface area contributed by atoms with E-state index in [-0.39, 0.29) is 6.61 Å². The standard InChI is InChI=1S/C12H12N2O3/c1-2-17-12(16)10(7-13)11(15)8-3-5-9(14)6-4-8/h3-6,15H,2,14H2,1H3. The Bertz CT molecular complexity index is 483. The molecule has 17 heavy (non-hydrogen) atoms. The number of ether oxygens (including phenoxy) is 1. The van der Waals surface area contributed by atoms with E-state index < -0.39 is 17.3 Å². The predicted molar refractivity (Wildman–Crippen MR) is 62.6 cm³/mol. The van der Waals surface area contributed by atoms with Gasteiger partial charge in [0.05, 0.1) is 6.61 Å². The molecule has 0 saturated heterocycles. The van der Waals surface area contributed by atoms with E-state index in [4.69, 9.17) is 11.0 Å². The molecule has 1 aromatic rings. The number of hydrogen-bond donors (Lipinski definition) is 2. The number of esters is 1. The van der Waals surface area contributed by atoms with Gasteiger partial charge in [0.15, 0.2) is 5.57 Å². The van der Waals surface area contributed by atoms with Gasteiger partial charge in [-0.1, -0.05) is 0 Å². The first kappa shape index (κ1) is 12.6. The molecule has 1 rings (SSSR count). The molecule has 0 aliphatic rings. The minimum Gasteiger partial charge on any atom is -0.506 e. The summed E-state index contributed by atoms with van der Waals surface area (Å²) in [5.41, 5.74) is 5.93. The molecule has 0 unspecified atom stereocenters. The van der Waals surface area contributed by atoms with Crippen molar-refractivity contribution in [3.8, 4) is 6.07 Å². The molecule has 0 atom stereocenters. The van der Waals surface area contributed by atoms with Gasteiger partial charge in [-0.05, 0) is 31.2 Å². The van der Waals surface area contributed by atoms with Crippen LogP contribution in [0.25, 0.3) is 5.76 Å². The van der Waals surface area contributed by atoms with Gasteiger partial charge in [-0.25, -0.2) is 4.79 Å². The van der Waals surface area contributed by atoms with Crippen LogP contribution in [0.15, 0.2) is 29.8 Å². The Hall–Kier alpha value is -2.48. The van der Waals surface area contributed by atoms with E-state index in [1.807, 2.05) is 0 Å². The fraction of sp³-hybridized carbons (Fsp3) is 0.167. The predicted octanol–water partition coefficient (Wildman–Crippen LogP) is 1.62. The van der Waals surface area contributed by atoms with Crippen molar-refractivity contribution in [1.82, 2.24) is 0 Å². The Kier molecular flexibility index (Phi) is 4.12. The number of nitrogens with two attached hydrogens (primary N) is 1. The molecule has 0 saturated carbocycles. The number of nitriles is 1. The summed E-state index contributed by atoms with van der Waals surface area (Å²) >= 11 is 0. The molecule has 5 heteroatoms. The fourth-order valence-corrected chi connectivity index (χ4v) is 1.18. The number of anilines is 1. The van der Waals surface area contributed by atoms with E-state index in [0.29, 0.717) is 11.3 Å². The molecule has 0 spiro atoms. The van der Waals surface area contributed by atoms with Gasteiger partial charge in [0.25, 0.3) is 0 Å². The lowest BCUT2D eigenvalue weighted by molar-refractivity contribution is -0.138. The first-order chi connectivity index (χ1) is 8.10. The monoisotopic (exact) mass is 232 g/mol. The number of hydrogen-bond acceptors (Lipinski definition) is 5. The molecule has 0 heterocycles. The van der Waals surface area contributed by atoms with Crippen molar-refractivity contribution in [2.24, 2.45) is 0 Å². The zero-order valence-corrected chi connectivity index (χ0v) is 9.30. The van der Waals surface area contributed by atoms with Crippen LogP contribution in [0.4, 0.5) is 5.69 Å². The fourth-order valence-electron chi connectivity index (χ4n) is 1.18. The SMILES string of the molecule is CCOC(=O)C(C#N)=C(O)c1ccc(N)cc1. The molecule has 0 aliphatic carbocycles. The molecule has 0 bridgehead atoms. The third kappa shape index (κ3) is 2.98. The number of nitrogen functional groups attached to an aromatic ring is 1. The highest BCUT2D eigenvalue weighted by Gasteiger charge is 2.17. The Morgan fingerprint density at radius 1 is 1.47 bits per heavy atom. The van der Waals surface area contributed by atoms with Crippen molar-refractivity contribution >= 4 is 17.4 Å². The molecule has 0 fully saturated rings. The number of aliphatic hydroxyl groups excluding tert-OH is 1. The van der Waals surface area contributed by atoms with E-state index in [1.165, 1.54) is 12.1 Å². The normalized spacial score (nSPS) is 11.3. The average Bonchev–Trinajstić information content (AvgIpc) is 2.31. The highest BCUT2D eigenvalue weighted by atomic mass is 16.5. The summed E-state index contributed by atoms with van der Waals surface area (Å²) in [6.45, 7) is 1.76. The van der Waals surface area contributed by atoms with E-state index in [9.17, 15) is 9.90 Å². The van der Waals surface area contributed by atoms with Crippen molar-refractivity contribution < 1.29 is 14.6 Å². The summed E-state index contributed by atoms with van der Waals surface area (Å²) in [4.78, 5) is 11.4. The number of rotatable bonds is 3. The zero-order chi connectivity index (χ0) is 12.8. The van der Waals surface area contributed by atoms with Gasteiger partial charge in [0.1, 0.15) is 11.8 Å². The van der Waals surface area contributed by atoms with Crippen LogP contribution in [-0.2, 0) is 9.53 Å². The maximum atomic E-state index is 11.4. The Morgan fingerprint density at radius 2 is 2.06 bits per heavy atom. The van der Waals surface area contributed by atoms with Crippen molar-refractivity contribution in [3.63, 3.8) is 0 Å². The first-order valence-corrected chi connectivity index (χ1v) is 4.96. The van der Waals surface area contributed by atoms with Gasteiger partial charge < -0.3 is 15.6 Å². The second kappa shape index (κ2) is 5.56. The lowest BCUT2D eigenvalue weighted by atomic mass is 10.1. The van der Waals surface area contributed by atoms with E-state index in [0.717, 1.165) is 0 Å². The highest BCUT2D eigenvalue weighted by molar-refractivity contribution is 6.00. The first-order valence-electron chi connectivity index (χ1n) is 4.96. The quantitative estimate of drug-likeness (QED) is 0.271. The van der Waals surface area contributed by atoms with Crippen LogP contribution in [-0.4, -0.2) is 17.7 Å². The molecule has 0 aromatic heterocycles. The van der Waals surface area contributed by atoms with Gasteiger partial charge >= 0.3 is 5.97 Å². The molecule has 3 N–H and O–H groups in total. The zero-order valence-electron chi connectivity index (χ0n) is 9.30. The van der Waals surface area contributed by atoms with Crippen LogP contribution in [0.1, 0.15) is 12.5 Å². The number of benzene rings is 1. The van der Waals surface area contributed by atoms with Crippen molar-refractivity contribution in [3.05, 3.63) is 35.4 Å². The van der Waals surface area contributed by atoms with Gasteiger partial charge in [0, 0.05) is 11.3 Å². The van der Waals surface area contributed by atoms with Crippen LogP contribution in [0.2, 0.25) is 0 Å². The molecule has 0 aliphatic heterocycles. The molecule has 88 valence electrons. The molecule has 1 aromatic carbocycles. The van der Waals surface area contributed by atoms with Gasteiger partial charge in [-0.3, -0.25) is 0 Å².